The van der Waals surface area contributed by atoms with Crippen LogP contribution in [-0.4, -0.2) is 85.4 Å². The van der Waals surface area contributed by atoms with Gasteiger partial charge in [-0.1, -0.05) is 66.2 Å². The molecule has 4 aromatic carbocycles. The first kappa shape index (κ1) is 34.1. The summed E-state index contributed by atoms with van der Waals surface area (Å²) in [6, 6.07) is 26.3. The molecule has 0 aliphatic carbocycles. The highest BCUT2D eigenvalue weighted by Crippen LogP contribution is 2.32. The van der Waals surface area contributed by atoms with Crippen LogP contribution in [-0.2, 0) is 22.6 Å². The topological polar surface area (TPSA) is 115 Å². The highest BCUT2D eigenvalue weighted by Gasteiger charge is 2.41. The summed E-state index contributed by atoms with van der Waals surface area (Å²) in [6.45, 7) is 1.42. The third-order valence-electron chi connectivity index (χ3n) is 9.69. The minimum absolute atomic E-state index is 0.0709. The molecule has 2 aliphatic heterocycles. The molecule has 4 heterocycles. The summed E-state index contributed by atoms with van der Waals surface area (Å²) < 4.78 is 23.4. The minimum Gasteiger partial charge on any atom is -0.488 e. The lowest BCUT2D eigenvalue weighted by Crippen LogP contribution is -2.48. The van der Waals surface area contributed by atoms with E-state index in [2.05, 4.69) is 10.4 Å². The molecule has 6 aromatic rings. The number of nitrogens with one attached hydrogen (secondary N) is 1. The van der Waals surface area contributed by atoms with Crippen LogP contribution in [0.3, 0.4) is 0 Å². The number of carbonyl (C=O) groups is 3. The molecule has 2 atom stereocenters. The van der Waals surface area contributed by atoms with E-state index in [0.717, 1.165) is 27.6 Å². The molecule has 6 bridgehead atoms. The Balaban J connectivity index is 1.11. The molecular formula is C40H35ClFN7O4. The molecular weight excluding hydrogens is 697 g/mol. The monoisotopic (exact) mass is 731 g/mol. The number of fused-ring (bicyclic) bond motifs is 6. The van der Waals surface area contributed by atoms with Crippen LogP contribution < -0.4 is 10.1 Å². The predicted octanol–water partition coefficient (Wildman–Crippen LogP) is 5.54. The van der Waals surface area contributed by atoms with Gasteiger partial charge >= 0.3 is 0 Å². The van der Waals surface area contributed by atoms with E-state index in [1.807, 2.05) is 83.7 Å². The molecule has 11 nitrogen and oxygen atoms in total. The second kappa shape index (κ2) is 14.5. The Hall–Kier alpha value is -6.01. The number of ether oxygens (including phenoxy) is 1. The van der Waals surface area contributed by atoms with Crippen LogP contribution in [0.1, 0.15) is 22.3 Å². The first-order valence-corrected chi connectivity index (χ1v) is 17.8. The van der Waals surface area contributed by atoms with Crippen molar-refractivity contribution in [3.63, 3.8) is 0 Å². The molecule has 1 fully saturated rings. The summed E-state index contributed by atoms with van der Waals surface area (Å²) in [5, 5.41) is 13.2. The molecule has 1 saturated heterocycles. The number of rotatable bonds is 4. The summed E-state index contributed by atoms with van der Waals surface area (Å²) in [5.74, 6) is -0.722. The van der Waals surface area contributed by atoms with Crippen LogP contribution in [0.15, 0.2) is 110 Å². The van der Waals surface area contributed by atoms with E-state index in [1.165, 1.54) is 40.2 Å². The zero-order valence-corrected chi connectivity index (χ0v) is 29.3. The Morgan fingerprint density at radius 1 is 0.943 bits per heavy atom. The second-order valence-electron chi connectivity index (χ2n) is 13.2. The van der Waals surface area contributed by atoms with Crippen molar-refractivity contribution in [3.8, 4) is 22.6 Å². The Labute approximate surface area is 309 Å². The minimum atomic E-state index is -0.852. The van der Waals surface area contributed by atoms with Gasteiger partial charge in [0.25, 0.3) is 5.91 Å². The zero-order valence-electron chi connectivity index (χ0n) is 28.6. The van der Waals surface area contributed by atoms with Gasteiger partial charge < -0.3 is 19.9 Å². The van der Waals surface area contributed by atoms with E-state index < -0.39 is 23.9 Å². The number of hydrogen-bond acceptors (Lipinski definition) is 6. The van der Waals surface area contributed by atoms with Crippen molar-refractivity contribution in [2.45, 2.75) is 31.5 Å². The lowest BCUT2D eigenvalue weighted by atomic mass is 10.0. The molecule has 1 N–H and O–H groups in total. The maximum Gasteiger partial charge on any atom is 0.257 e. The average Bonchev–Trinajstić information content (AvgIpc) is 3.92. The number of amides is 3. The Morgan fingerprint density at radius 3 is 2.64 bits per heavy atom. The summed E-state index contributed by atoms with van der Waals surface area (Å²) in [6.07, 6.45) is 4.88. The van der Waals surface area contributed by atoms with Crippen LogP contribution in [0, 0.1) is 5.82 Å². The van der Waals surface area contributed by atoms with Gasteiger partial charge in [-0.25, -0.2) is 9.07 Å². The van der Waals surface area contributed by atoms with Gasteiger partial charge in [-0.3, -0.25) is 19.1 Å². The summed E-state index contributed by atoms with van der Waals surface area (Å²) in [7, 11) is 0. The average molecular weight is 732 g/mol. The van der Waals surface area contributed by atoms with Crippen molar-refractivity contribution in [1.29, 1.82) is 0 Å². The number of likely N-dealkylation sites (tertiary alicyclic amines) is 1. The van der Waals surface area contributed by atoms with Gasteiger partial charge in [-0.2, -0.15) is 10.2 Å². The van der Waals surface area contributed by atoms with Gasteiger partial charge in [0.1, 0.15) is 23.7 Å². The quantitative estimate of drug-likeness (QED) is 0.255. The molecule has 0 unspecified atom stereocenters. The molecule has 3 amide bonds. The Kier molecular flexibility index (Phi) is 9.36. The van der Waals surface area contributed by atoms with Crippen LogP contribution in [0.25, 0.3) is 27.7 Å². The van der Waals surface area contributed by atoms with E-state index in [0.29, 0.717) is 24.5 Å². The molecule has 0 radical (unpaired) electrons. The fourth-order valence-electron chi connectivity index (χ4n) is 7.04. The Bertz CT molecular complexity index is 2330. The van der Waals surface area contributed by atoms with Crippen molar-refractivity contribution in [1.82, 2.24) is 34.7 Å². The van der Waals surface area contributed by atoms with Gasteiger partial charge in [-0.15, -0.1) is 0 Å². The molecule has 8 rings (SSSR count). The third-order valence-corrected chi connectivity index (χ3v) is 9.99. The molecule has 268 valence electrons. The maximum absolute atomic E-state index is 14.1. The number of hydrogen-bond donors (Lipinski definition) is 1. The maximum atomic E-state index is 14.1. The van der Waals surface area contributed by atoms with Crippen LogP contribution in [0.4, 0.5) is 4.39 Å². The lowest BCUT2D eigenvalue weighted by molar-refractivity contribution is -0.131. The predicted molar refractivity (Wildman–Crippen MR) is 197 cm³/mol. The standard InChI is InChI=1S/C40H35ClFN7O4/c41-34-20-29(42)12-13-36(34)49-23-28(22-44-49)40(52)48-24-31-21-37(48)39(51)43-14-15-46(38(50)18-26-6-2-1-3-7-26)16-17-47-25-33-32(10-5-11-35(33)45-47)27-8-4-9-30(19-27)53-31/h1-13,19-20,22-23,25,31,37H,14-18,21,24H2,(H,43,51)/t31-,37-/m0/s1. The van der Waals surface area contributed by atoms with Gasteiger partial charge in [-0.05, 0) is 53.1 Å². The van der Waals surface area contributed by atoms with Crippen molar-refractivity contribution in [2.75, 3.05) is 26.2 Å². The molecule has 0 saturated carbocycles. The fraction of sp³-hybridized carbons (Fsp3) is 0.225. The van der Waals surface area contributed by atoms with Crippen molar-refractivity contribution in [2.24, 2.45) is 0 Å². The first-order valence-electron chi connectivity index (χ1n) is 17.4. The first-order chi connectivity index (χ1) is 25.8. The van der Waals surface area contributed by atoms with E-state index >= 15 is 0 Å². The summed E-state index contributed by atoms with van der Waals surface area (Å²) in [4.78, 5) is 44.9. The number of aromatic nitrogens is 4. The summed E-state index contributed by atoms with van der Waals surface area (Å²) >= 11 is 6.26. The van der Waals surface area contributed by atoms with Gasteiger partial charge in [0, 0.05) is 43.8 Å². The van der Waals surface area contributed by atoms with Crippen molar-refractivity contribution < 1.29 is 23.5 Å². The van der Waals surface area contributed by atoms with Crippen molar-refractivity contribution in [3.05, 3.63) is 132 Å². The molecule has 0 spiro atoms. The van der Waals surface area contributed by atoms with E-state index in [4.69, 9.17) is 21.4 Å². The number of halogens is 2. The molecule has 2 aromatic heterocycles. The molecule has 13 heteroatoms. The van der Waals surface area contributed by atoms with E-state index in [-0.39, 0.29) is 54.9 Å². The molecule has 2 aliphatic rings. The second-order valence-corrected chi connectivity index (χ2v) is 13.6. The molecule has 53 heavy (non-hydrogen) atoms. The van der Waals surface area contributed by atoms with E-state index in [1.54, 1.807) is 4.90 Å². The highest BCUT2D eigenvalue weighted by molar-refractivity contribution is 6.32. The normalized spacial score (nSPS) is 17.7. The Morgan fingerprint density at radius 2 is 1.79 bits per heavy atom. The van der Waals surface area contributed by atoms with Crippen LogP contribution >= 0.6 is 11.6 Å². The smallest absolute Gasteiger partial charge is 0.257 e. The fourth-order valence-corrected chi connectivity index (χ4v) is 7.29. The van der Waals surface area contributed by atoms with Gasteiger partial charge in [0.2, 0.25) is 11.8 Å². The number of benzene rings is 4. The largest absolute Gasteiger partial charge is 0.488 e. The van der Waals surface area contributed by atoms with Crippen LogP contribution in [0.5, 0.6) is 5.75 Å². The van der Waals surface area contributed by atoms with Gasteiger partial charge in [0.05, 0.1) is 47.5 Å². The summed E-state index contributed by atoms with van der Waals surface area (Å²) in [5.41, 5.74) is 4.28. The lowest BCUT2D eigenvalue weighted by Gasteiger charge is -2.25. The number of nitrogens with zero attached hydrogens (tertiary/aromatic N) is 6. The SMILES string of the molecule is O=C1NCCN(C(=O)Cc2ccccc2)CCn2cc3c(cccc3n2)-c2cccc(c2)O[C@H]2C[C@@H]1N(C(=O)c1cnn(-c3ccc(F)cc3Cl)c1)C2. The number of carbonyl (C=O) groups excluding carboxylic acids is 3. The highest BCUT2D eigenvalue weighted by atomic mass is 35.5. The van der Waals surface area contributed by atoms with Crippen molar-refractivity contribution >= 4 is 40.2 Å². The van der Waals surface area contributed by atoms with Crippen LogP contribution in [0.2, 0.25) is 5.02 Å². The third kappa shape index (κ3) is 7.22. The zero-order chi connectivity index (χ0) is 36.5. The van der Waals surface area contributed by atoms with Gasteiger partial charge in [0.15, 0.2) is 0 Å². The van der Waals surface area contributed by atoms with E-state index in [9.17, 15) is 18.8 Å².